The third-order valence-corrected chi connectivity index (χ3v) is 5.40. The van der Waals surface area contributed by atoms with Gasteiger partial charge in [0, 0.05) is 18.3 Å². The van der Waals surface area contributed by atoms with Crippen molar-refractivity contribution in [2.75, 3.05) is 20.3 Å². The molecule has 7 nitrogen and oxygen atoms in total. The Morgan fingerprint density at radius 2 is 1.76 bits per heavy atom. The van der Waals surface area contributed by atoms with E-state index in [0.717, 1.165) is 22.6 Å². The number of carbonyl (C=O) groups is 1. The maximum atomic E-state index is 13.3. The van der Waals surface area contributed by atoms with E-state index >= 15 is 0 Å². The molecule has 7 heteroatoms. The van der Waals surface area contributed by atoms with Gasteiger partial charge in [-0.25, -0.2) is 4.68 Å². The third kappa shape index (κ3) is 4.25. The highest BCUT2D eigenvalue weighted by atomic mass is 16.6. The average Bonchev–Trinajstić information content (AvgIpc) is 3.33. The summed E-state index contributed by atoms with van der Waals surface area (Å²) in [6, 6.07) is 22.9. The van der Waals surface area contributed by atoms with Crippen molar-refractivity contribution in [2.45, 2.75) is 6.54 Å². The van der Waals surface area contributed by atoms with E-state index in [-0.39, 0.29) is 5.91 Å². The fraction of sp³-hybridized carbons (Fsp3) is 0.154. The first-order valence-corrected chi connectivity index (χ1v) is 10.7. The van der Waals surface area contributed by atoms with Crippen molar-refractivity contribution in [3.8, 4) is 34.2 Å². The van der Waals surface area contributed by atoms with Crippen molar-refractivity contribution in [2.24, 2.45) is 0 Å². The number of nitrogens with one attached hydrogen (secondary N) is 1. The van der Waals surface area contributed by atoms with Crippen LogP contribution in [-0.4, -0.2) is 36.0 Å². The quantitative estimate of drug-likeness (QED) is 0.484. The average molecular weight is 441 g/mol. The predicted octanol–water partition coefficient (Wildman–Crippen LogP) is 4.25. The van der Waals surface area contributed by atoms with Crippen LogP contribution in [0, 0.1) is 0 Å². The highest BCUT2D eigenvalue weighted by Crippen LogP contribution is 2.32. The van der Waals surface area contributed by atoms with Gasteiger partial charge in [0.1, 0.15) is 24.7 Å². The molecule has 0 radical (unpaired) electrons. The largest absolute Gasteiger partial charge is 0.496 e. The Bertz CT molecular complexity index is 1280. The smallest absolute Gasteiger partial charge is 0.255 e. The van der Waals surface area contributed by atoms with E-state index in [1.807, 2.05) is 72.8 Å². The molecule has 1 aliphatic rings. The van der Waals surface area contributed by atoms with Crippen LogP contribution < -0.4 is 19.5 Å². The molecule has 33 heavy (non-hydrogen) atoms. The highest BCUT2D eigenvalue weighted by molar-refractivity contribution is 6.00. The Balaban J connectivity index is 1.46. The molecule has 1 aromatic heterocycles. The van der Waals surface area contributed by atoms with Gasteiger partial charge >= 0.3 is 0 Å². The number of rotatable bonds is 6. The molecule has 0 saturated carbocycles. The van der Waals surface area contributed by atoms with Crippen molar-refractivity contribution < 1.29 is 19.0 Å². The number of hydrogen-bond acceptors (Lipinski definition) is 5. The first-order valence-electron chi connectivity index (χ1n) is 10.7. The maximum absolute atomic E-state index is 13.3. The lowest BCUT2D eigenvalue weighted by molar-refractivity contribution is 0.0951. The Morgan fingerprint density at radius 1 is 1.00 bits per heavy atom. The van der Waals surface area contributed by atoms with Crippen molar-refractivity contribution >= 4 is 5.91 Å². The second-order valence-corrected chi connectivity index (χ2v) is 7.53. The molecule has 4 aromatic rings. The fourth-order valence-corrected chi connectivity index (χ4v) is 3.77. The van der Waals surface area contributed by atoms with Crippen LogP contribution in [-0.2, 0) is 6.54 Å². The van der Waals surface area contributed by atoms with Gasteiger partial charge in [0.05, 0.1) is 18.4 Å². The molecule has 0 atom stereocenters. The summed E-state index contributed by atoms with van der Waals surface area (Å²) >= 11 is 0. The number of nitrogens with zero attached hydrogens (tertiary/aromatic N) is 2. The van der Waals surface area contributed by atoms with Crippen molar-refractivity contribution in [1.82, 2.24) is 15.1 Å². The number of hydrogen-bond donors (Lipinski definition) is 1. The third-order valence-electron chi connectivity index (χ3n) is 5.40. The zero-order valence-electron chi connectivity index (χ0n) is 18.2. The van der Waals surface area contributed by atoms with Gasteiger partial charge in [0.2, 0.25) is 0 Å². The summed E-state index contributed by atoms with van der Waals surface area (Å²) in [6.07, 6.45) is 1.75. The highest BCUT2D eigenvalue weighted by Gasteiger charge is 2.21. The molecule has 0 aliphatic carbocycles. The summed E-state index contributed by atoms with van der Waals surface area (Å²) in [5.74, 6) is 1.84. The molecule has 1 aliphatic heterocycles. The molecule has 0 bridgehead atoms. The molecular formula is C26H23N3O4. The van der Waals surface area contributed by atoms with Gasteiger partial charge in [0.25, 0.3) is 5.91 Å². The lowest BCUT2D eigenvalue weighted by Gasteiger charge is -2.19. The van der Waals surface area contributed by atoms with E-state index in [1.165, 1.54) is 0 Å². The molecule has 0 saturated heterocycles. The number of para-hydroxylation sites is 2. The number of fused-ring (bicyclic) bond motifs is 1. The molecule has 0 fully saturated rings. The molecule has 5 rings (SSSR count). The minimum absolute atomic E-state index is 0.229. The Morgan fingerprint density at radius 3 is 2.58 bits per heavy atom. The molecule has 166 valence electrons. The van der Waals surface area contributed by atoms with Crippen LogP contribution in [0.5, 0.6) is 17.2 Å². The molecule has 3 aromatic carbocycles. The van der Waals surface area contributed by atoms with Gasteiger partial charge in [-0.1, -0.05) is 36.4 Å². The lowest BCUT2D eigenvalue weighted by atomic mass is 10.1. The maximum Gasteiger partial charge on any atom is 0.255 e. The SMILES string of the molecule is COc1ccccc1-c1nn(-c2ccccc2)cc1C(=O)NCc1ccc2c(c1)OCCO2. The van der Waals surface area contributed by atoms with Gasteiger partial charge in [-0.2, -0.15) is 5.10 Å². The summed E-state index contributed by atoms with van der Waals surface area (Å²) in [7, 11) is 1.61. The molecule has 0 spiro atoms. The number of benzene rings is 3. The van der Waals surface area contributed by atoms with Gasteiger partial charge < -0.3 is 19.5 Å². The van der Waals surface area contributed by atoms with E-state index in [0.29, 0.717) is 42.5 Å². The van der Waals surface area contributed by atoms with E-state index in [4.69, 9.17) is 19.3 Å². The fourth-order valence-electron chi connectivity index (χ4n) is 3.77. The summed E-state index contributed by atoms with van der Waals surface area (Å²) < 4.78 is 18.4. The molecule has 2 heterocycles. The van der Waals surface area contributed by atoms with Gasteiger partial charge in [-0.3, -0.25) is 4.79 Å². The van der Waals surface area contributed by atoms with Crippen molar-refractivity contribution in [1.29, 1.82) is 0 Å². The van der Waals surface area contributed by atoms with E-state index in [1.54, 1.807) is 18.0 Å². The summed E-state index contributed by atoms with van der Waals surface area (Å²) in [5.41, 5.74) is 3.54. The van der Waals surface area contributed by atoms with E-state index < -0.39 is 0 Å². The topological polar surface area (TPSA) is 74.6 Å². The summed E-state index contributed by atoms with van der Waals surface area (Å²) in [6.45, 7) is 1.40. The molecule has 1 N–H and O–H groups in total. The number of amides is 1. The van der Waals surface area contributed by atoms with Crippen LogP contribution in [0.2, 0.25) is 0 Å². The van der Waals surface area contributed by atoms with Crippen LogP contribution in [0.1, 0.15) is 15.9 Å². The molecular weight excluding hydrogens is 418 g/mol. The van der Waals surface area contributed by atoms with E-state index in [2.05, 4.69) is 5.32 Å². The van der Waals surface area contributed by atoms with E-state index in [9.17, 15) is 4.79 Å². The standard InChI is InChI=1S/C26H23N3O4/c1-31-22-10-6-5-9-20(22)25-21(17-29(28-25)19-7-3-2-4-8-19)26(30)27-16-18-11-12-23-24(15-18)33-14-13-32-23/h2-12,15,17H,13-14,16H2,1H3,(H,27,30). The second kappa shape index (κ2) is 9.08. The van der Waals surface area contributed by atoms with Gasteiger partial charge in [-0.15, -0.1) is 0 Å². The number of methoxy groups -OCH3 is 1. The second-order valence-electron chi connectivity index (χ2n) is 7.53. The molecule has 1 amide bonds. The minimum atomic E-state index is -0.229. The Hall–Kier alpha value is -4.26. The zero-order valence-corrected chi connectivity index (χ0v) is 18.2. The first kappa shape index (κ1) is 20.6. The Kier molecular flexibility index (Phi) is 5.68. The van der Waals surface area contributed by atoms with Crippen LogP contribution in [0.15, 0.2) is 79.0 Å². The summed E-state index contributed by atoms with van der Waals surface area (Å²) in [5, 5.41) is 7.74. The van der Waals surface area contributed by atoms with Crippen molar-refractivity contribution in [3.05, 3.63) is 90.1 Å². The van der Waals surface area contributed by atoms with Gasteiger partial charge in [0.15, 0.2) is 11.5 Å². The van der Waals surface area contributed by atoms with Gasteiger partial charge in [-0.05, 0) is 42.0 Å². The number of aromatic nitrogens is 2. The van der Waals surface area contributed by atoms with Crippen LogP contribution in [0.4, 0.5) is 0 Å². The normalized spacial score (nSPS) is 12.3. The zero-order chi connectivity index (χ0) is 22.6. The van der Waals surface area contributed by atoms with Crippen molar-refractivity contribution in [3.63, 3.8) is 0 Å². The predicted molar refractivity (Wildman–Crippen MR) is 124 cm³/mol. The van der Waals surface area contributed by atoms with Crippen LogP contribution in [0.25, 0.3) is 16.9 Å². The first-order chi connectivity index (χ1) is 16.2. The number of carbonyl (C=O) groups excluding carboxylic acids is 1. The monoisotopic (exact) mass is 441 g/mol. The lowest BCUT2D eigenvalue weighted by Crippen LogP contribution is -2.23. The summed E-state index contributed by atoms with van der Waals surface area (Å²) in [4.78, 5) is 13.3. The van der Waals surface area contributed by atoms with Crippen LogP contribution >= 0.6 is 0 Å². The Labute approximate surface area is 191 Å². The minimum Gasteiger partial charge on any atom is -0.496 e. The number of ether oxygens (including phenoxy) is 3. The van der Waals surface area contributed by atoms with Crippen LogP contribution in [0.3, 0.4) is 0 Å². The molecule has 0 unspecified atom stereocenters.